The summed E-state index contributed by atoms with van der Waals surface area (Å²) in [4.78, 5) is 0. The van der Waals surface area contributed by atoms with E-state index in [9.17, 15) is 8.42 Å². The zero-order chi connectivity index (χ0) is 12.2. The molecule has 92 valence electrons. The fourth-order valence-corrected chi connectivity index (χ4v) is 2.20. The van der Waals surface area contributed by atoms with E-state index in [0.717, 1.165) is 11.5 Å². The number of aromatic nitrogens is 1. The van der Waals surface area contributed by atoms with Gasteiger partial charge in [-0.05, 0) is 18.5 Å². The maximum absolute atomic E-state index is 10.9. The monoisotopic (exact) mass is 265 g/mol. The van der Waals surface area contributed by atoms with E-state index in [1.165, 1.54) is 6.26 Å². The maximum Gasteiger partial charge on any atom is 0.197 e. The number of hydrogen-bond donors (Lipinski definition) is 2. The molecule has 1 heterocycles. The molecule has 0 aliphatic carbocycles. The van der Waals surface area contributed by atoms with Crippen molar-refractivity contribution in [1.82, 2.24) is 4.37 Å². The molecule has 0 saturated carbocycles. The Morgan fingerprint density at radius 2 is 2.25 bits per heavy atom. The molecule has 0 aliphatic heterocycles. The largest absolute Gasteiger partial charge is 0.487 e. The Labute approximate surface area is 98.9 Å². The van der Waals surface area contributed by atoms with Gasteiger partial charge < -0.3 is 15.8 Å². The molecule has 0 unspecified atom stereocenters. The van der Waals surface area contributed by atoms with Crippen LogP contribution in [0.2, 0.25) is 0 Å². The standard InChI is InChI=1S/C8H15N3O3S2/c1-3-14-6-7(9)11-15-8(6)10-4-5-16(2,12)13/h10H,3-5H2,1-2H3,(H2,9,11). The van der Waals surface area contributed by atoms with Crippen LogP contribution in [0.3, 0.4) is 0 Å². The van der Waals surface area contributed by atoms with Gasteiger partial charge in [0.05, 0.1) is 12.4 Å². The highest BCUT2D eigenvalue weighted by atomic mass is 32.2. The third-order valence-corrected chi connectivity index (χ3v) is 3.47. The van der Waals surface area contributed by atoms with Crippen molar-refractivity contribution in [1.29, 1.82) is 0 Å². The van der Waals surface area contributed by atoms with Crippen molar-refractivity contribution in [2.24, 2.45) is 0 Å². The number of nitrogens with zero attached hydrogens (tertiary/aromatic N) is 1. The molecule has 1 aromatic heterocycles. The summed E-state index contributed by atoms with van der Waals surface area (Å²) < 4.78 is 31.1. The number of anilines is 2. The Hall–Kier alpha value is -1.02. The molecule has 8 heteroatoms. The van der Waals surface area contributed by atoms with Crippen molar-refractivity contribution < 1.29 is 13.2 Å². The second-order valence-electron chi connectivity index (χ2n) is 3.22. The average molecular weight is 265 g/mol. The fourth-order valence-electron chi connectivity index (χ4n) is 1.04. The SMILES string of the molecule is CCOc1c(N)nsc1NCCS(C)(=O)=O. The van der Waals surface area contributed by atoms with Gasteiger partial charge in [0.1, 0.15) is 9.84 Å². The van der Waals surface area contributed by atoms with E-state index in [-0.39, 0.29) is 5.75 Å². The van der Waals surface area contributed by atoms with Crippen molar-refractivity contribution in [2.75, 3.05) is 36.2 Å². The maximum atomic E-state index is 10.9. The molecule has 0 aliphatic rings. The topological polar surface area (TPSA) is 94.3 Å². The van der Waals surface area contributed by atoms with E-state index in [2.05, 4.69) is 9.69 Å². The van der Waals surface area contributed by atoms with Crippen LogP contribution in [0.5, 0.6) is 5.75 Å². The van der Waals surface area contributed by atoms with Crippen molar-refractivity contribution in [3.63, 3.8) is 0 Å². The number of rotatable bonds is 6. The summed E-state index contributed by atoms with van der Waals surface area (Å²) in [7, 11) is -2.96. The number of ether oxygens (including phenoxy) is 1. The van der Waals surface area contributed by atoms with Gasteiger partial charge >= 0.3 is 0 Å². The fraction of sp³-hybridized carbons (Fsp3) is 0.625. The molecule has 0 atom stereocenters. The first kappa shape index (κ1) is 13.0. The predicted octanol–water partition coefficient (Wildman–Crippen LogP) is 0.580. The van der Waals surface area contributed by atoms with Crippen LogP contribution in [-0.4, -0.2) is 38.0 Å². The summed E-state index contributed by atoms with van der Waals surface area (Å²) in [5.41, 5.74) is 5.60. The summed E-state index contributed by atoms with van der Waals surface area (Å²) >= 11 is 1.16. The van der Waals surface area contributed by atoms with Crippen molar-refractivity contribution >= 4 is 32.2 Å². The van der Waals surface area contributed by atoms with Crippen molar-refractivity contribution in [3.8, 4) is 5.75 Å². The van der Waals surface area contributed by atoms with Crippen LogP contribution >= 0.6 is 11.5 Å². The predicted molar refractivity (Wildman–Crippen MR) is 65.9 cm³/mol. The molecule has 6 nitrogen and oxygen atoms in total. The molecule has 1 aromatic rings. The Morgan fingerprint density at radius 3 is 2.81 bits per heavy atom. The van der Waals surface area contributed by atoms with Gasteiger partial charge in [0, 0.05) is 12.8 Å². The highest BCUT2D eigenvalue weighted by molar-refractivity contribution is 7.90. The number of nitrogen functional groups attached to an aromatic ring is 1. The first-order valence-corrected chi connectivity index (χ1v) is 7.57. The lowest BCUT2D eigenvalue weighted by molar-refractivity contribution is 0.344. The van der Waals surface area contributed by atoms with E-state index in [1.807, 2.05) is 6.92 Å². The first-order valence-electron chi connectivity index (χ1n) is 4.73. The smallest absolute Gasteiger partial charge is 0.197 e. The summed E-state index contributed by atoms with van der Waals surface area (Å²) in [5, 5.41) is 3.62. The summed E-state index contributed by atoms with van der Waals surface area (Å²) in [6, 6.07) is 0. The van der Waals surface area contributed by atoms with E-state index >= 15 is 0 Å². The lowest BCUT2D eigenvalue weighted by atomic mass is 10.5. The normalized spacial score (nSPS) is 11.4. The third-order valence-electron chi connectivity index (χ3n) is 1.72. The van der Waals surface area contributed by atoms with Gasteiger partial charge in [0.15, 0.2) is 16.6 Å². The van der Waals surface area contributed by atoms with Crippen LogP contribution < -0.4 is 15.8 Å². The Kier molecular flexibility index (Phi) is 4.36. The van der Waals surface area contributed by atoms with E-state index < -0.39 is 9.84 Å². The first-order chi connectivity index (χ1) is 7.44. The van der Waals surface area contributed by atoms with Gasteiger partial charge in [-0.2, -0.15) is 4.37 Å². The Bertz CT molecular complexity index is 441. The van der Waals surface area contributed by atoms with Gasteiger partial charge in [-0.25, -0.2) is 8.42 Å². The number of sulfone groups is 1. The summed E-state index contributed by atoms with van der Waals surface area (Å²) in [6.07, 6.45) is 1.19. The van der Waals surface area contributed by atoms with Crippen LogP contribution in [0.1, 0.15) is 6.92 Å². The van der Waals surface area contributed by atoms with E-state index in [4.69, 9.17) is 10.5 Å². The summed E-state index contributed by atoms with van der Waals surface area (Å²) in [5.74, 6) is 0.894. The minimum atomic E-state index is -2.96. The van der Waals surface area contributed by atoms with Crippen molar-refractivity contribution in [3.05, 3.63) is 0 Å². The quantitative estimate of drug-likeness (QED) is 0.781. The zero-order valence-electron chi connectivity index (χ0n) is 9.19. The third kappa shape index (κ3) is 3.86. The van der Waals surface area contributed by atoms with Crippen LogP contribution in [0, 0.1) is 0 Å². The molecule has 0 fully saturated rings. The molecule has 0 spiro atoms. The number of nitrogens with one attached hydrogen (secondary N) is 1. The molecule has 16 heavy (non-hydrogen) atoms. The molecule has 0 radical (unpaired) electrons. The van der Waals surface area contributed by atoms with Crippen LogP contribution in [0.4, 0.5) is 10.8 Å². The van der Waals surface area contributed by atoms with Gasteiger partial charge in [-0.15, -0.1) is 0 Å². The van der Waals surface area contributed by atoms with Crippen LogP contribution in [0.25, 0.3) is 0 Å². The lowest BCUT2D eigenvalue weighted by Crippen LogP contribution is -2.14. The average Bonchev–Trinajstić information content (AvgIpc) is 2.48. The minimum absolute atomic E-state index is 0.0658. The molecule has 0 saturated heterocycles. The van der Waals surface area contributed by atoms with Gasteiger partial charge in [0.25, 0.3) is 0 Å². The number of nitrogens with two attached hydrogens (primary N) is 1. The molecular formula is C8H15N3O3S2. The van der Waals surface area contributed by atoms with E-state index in [1.54, 1.807) is 0 Å². The minimum Gasteiger partial charge on any atom is -0.487 e. The Morgan fingerprint density at radius 1 is 1.56 bits per heavy atom. The number of hydrogen-bond acceptors (Lipinski definition) is 7. The lowest BCUT2D eigenvalue weighted by Gasteiger charge is -2.06. The molecule has 0 amide bonds. The van der Waals surface area contributed by atoms with Crippen LogP contribution in [-0.2, 0) is 9.84 Å². The highest BCUT2D eigenvalue weighted by Gasteiger charge is 2.12. The molecular weight excluding hydrogens is 250 g/mol. The molecule has 0 aromatic carbocycles. The summed E-state index contributed by atoms with van der Waals surface area (Å²) in [6.45, 7) is 2.65. The van der Waals surface area contributed by atoms with Gasteiger partial charge in [-0.1, -0.05) is 0 Å². The van der Waals surface area contributed by atoms with E-state index in [0.29, 0.717) is 29.7 Å². The second-order valence-corrected chi connectivity index (χ2v) is 6.25. The van der Waals surface area contributed by atoms with Crippen LogP contribution in [0.15, 0.2) is 0 Å². The molecule has 3 N–H and O–H groups in total. The zero-order valence-corrected chi connectivity index (χ0v) is 10.8. The highest BCUT2D eigenvalue weighted by Crippen LogP contribution is 2.34. The van der Waals surface area contributed by atoms with Crippen molar-refractivity contribution in [2.45, 2.75) is 6.92 Å². The molecule has 0 bridgehead atoms. The Balaban J connectivity index is 2.60. The molecule has 1 rings (SSSR count). The second kappa shape index (κ2) is 5.35. The van der Waals surface area contributed by atoms with Gasteiger partial charge in [0.2, 0.25) is 0 Å². The van der Waals surface area contributed by atoms with Gasteiger partial charge in [-0.3, -0.25) is 0 Å².